The minimum atomic E-state index is -1.06. The minimum absolute atomic E-state index is 0.153. The normalized spacial score (nSPS) is 9.56. The molecule has 1 aromatic rings. The molecule has 16 heavy (non-hydrogen) atoms. The fourth-order valence-corrected chi connectivity index (χ4v) is 1.03. The molecule has 0 aliphatic heterocycles. The summed E-state index contributed by atoms with van der Waals surface area (Å²) in [6, 6.07) is 1.57. The Balaban J connectivity index is 2.97. The van der Waals surface area contributed by atoms with Gasteiger partial charge in [-0.1, -0.05) is 17.5 Å². The van der Waals surface area contributed by atoms with Gasteiger partial charge in [0.25, 0.3) is 0 Å². The molecular formula is C9H5ClFNO4. The molecule has 0 amide bonds. The first-order valence-corrected chi connectivity index (χ1v) is 4.30. The van der Waals surface area contributed by atoms with Gasteiger partial charge in [0.15, 0.2) is 12.4 Å². The van der Waals surface area contributed by atoms with Crippen molar-refractivity contribution in [3.63, 3.8) is 0 Å². The van der Waals surface area contributed by atoms with Crippen molar-refractivity contribution >= 4 is 17.3 Å². The van der Waals surface area contributed by atoms with Crippen LogP contribution in [0.5, 0.6) is 5.75 Å². The molecule has 0 spiro atoms. The monoisotopic (exact) mass is 245 g/mol. The van der Waals surface area contributed by atoms with E-state index in [9.17, 15) is 14.5 Å². The van der Waals surface area contributed by atoms with Gasteiger partial charge in [0.2, 0.25) is 5.82 Å². The summed E-state index contributed by atoms with van der Waals surface area (Å²) < 4.78 is 13.0. The van der Waals surface area contributed by atoms with Crippen LogP contribution in [0.4, 0.5) is 10.1 Å². The topological polar surface area (TPSA) is 61.6 Å². The number of nitro benzene ring substituents is 1. The standard InChI is InChI=1S/C9H5ClFNO4/c1-2-3-15-16-9-5-8(12(13)14)7(11)4-6(9)10/h1,4-5H,3H2. The molecule has 0 unspecified atom stereocenters. The third kappa shape index (κ3) is 2.82. The predicted molar refractivity (Wildman–Crippen MR) is 53.5 cm³/mol. The van der Waals surface area contributed by atoms with Crippen LogP contribution in [-0.4, -0.2) is 11.5 Å². The van der Waals surface area contributed by atoms with E-state index >= 15 is 0 Å². The maximum absolute atomic E-state index is 13.0. The Kier molecular flexibility index (Phi) is 4.05. The molecule has 0 N–H and O–H groups in total. The molecule has 1 rings (SSSR count). The van der Waals surface area contributed by atoms with E-state index < -0.39 is 16.4 Å². The van der Waals surface area contributed by atoms with Gasteiger partial charge in [-0.05, 0) is 0 Å². The van der Waals surface area contributed by atoms with Crippen molar-refractivity contribution in [2.45, 2.75) is 0 Å². The van der Waals surface area contributed by atoms with E-state index in [1.807, 2.05) is 0 Å². The van der Waals surface area contributed by atoms with E-state index in [2.05, 4.69) is 15.7 Å². The first kappa shape index (κ1) is 12.2. The summed E-state index contributed by atoms with van der Waals surface area (Å²) in [5, 5.41) is 10.3. The van der Waals surface area contributed by atoms with Crippen molar-refractivity contribution in [2.75, 3.05) is 6.61 Å². The number of hydrogen-bond donors (Lipinski definition) is 0. The summed E-state index contributed by atoms with van der Waals surface area (Å²) in [6.07, 6.45) is 4.88. The lowest BCUT2D eigenvalue weighted by molar-refractivity contribution is -0.387. The van der Waals surface area contributed by atoms with E-state index in [0.29, 0.717) is 0 Å². The Morgan fingerprint density at radius 2 is 2.31 bits per heavy atom. The Morgan fingerprint density at radius 3 is 2.88 bits per heavy atom. The summed E-state index contributed by atoms with van der Waals surface area (Å²) >= 11 is 5.57. The molecule has 0 fully saturated rings. The van der Waals surface area contributed by atoms with Crippen molar-refractivity contribution < 1.29 is 19.1 Å². The average Bonchev–Trinajstić information content (AvgIpc) is 2.21. The summed E-state index contributed by atoms with van der Waals surface area (Å²) in [5.41, 5.74) is -0.760. The summed E-state index contributed by atoms with van der Waals surface area (Å²) in [7, 11) is 0. The van der Waals surface area contributed by atoms with Gasteiger partial charge in [0, 0.05) is 6.07 Å². The third-order valence-electron chi connectivity index (χ3n) is 1.49. The van der Waals surface area contributed by atoms with Crippen molar-refractivity contribution in [1.29, 1.82) is 0 Å². The van der Waals surface area contributed by atoms with Crippen molar-refractivity contribution in [3.05, 3.63) is 33.1 Å². The van der Waals surface area contributed by atoms with E-state index in [0.717, 1.165) is 12.1 Å². The van der Waals surface area contributed by atoms with Gasteiger partial charge >= 0.3 is 5.69 Å². The number of rotatable bonds is 4. The van der Waals surface area contributed by atoms with Crippen molar-refractivity contribution in [2.24, 2.45) is 0 Å². The van der Waals surface area contributed by atoms with Gasteiger partial charge in [-0.15, -0.1) is 6.42 Å². The minimum Gasteiger partial charge on any atom is -0.335 e. The number of halogens is 2. The third-order valence-corrected chi connectivity index (χ3v) is 1.78. The zero-order chi connectivity index (χ0) is 12.1. The smallest absolute Gasteiger partial charge is 0.308 e. The zero-order valence-electron chi connectivity index (χ0n) is 7.78. The maximum atomic E-state index is 13.0. The number of nitrogens with zero attached hydrogens (tertiary/aromatic N) is 1. The van der Waals surface area contributed by atoms with E-state index in [-0.39, 0.29) is 17.4 Å². The highest BCUT2D eigenvalue weighted by atomic mass is 35.5. The highest BCUT2D eigenvalue weighted by molar-refractivity contribution is 6.32. The number of benzene rings is 1. The largest absolute Gasteiger partial charge is 0.335 e. The first-order chi connectivity index (χ1) is 7.56. The van der Waals surface area contributed by atoms with Crippen molar-refractivity contribution in [1.82, 2.24) is 0 Å². The number of nitro groups is 1. The molecule has 5 nitrogen and oxygen atoms in total. The van der Waals surface area contributed by atoms with Crippen LogP contribution in [-0.2, 0) is 4.89 Å². The van der Waals surface area contributed by atoms with E-state index in [1.54, 1.807) is 0 Å². The average molecular weight is 246 g/mol. The highest BCUT2D eigenvalue weighted by Gasteiger charge is 2.19. The molecule has 7 heteroatoms. The summed E-state index contributed by atoms with van der Waals surface area (Å²) in [5.74, 6) is 0.876. The predicted octanol–water partition coefficient (Wildman–Crippen LogP) is 2.33. The van der Waals surface area contributed by atoms with E-state index in [4.69, 9.17) is 18.0 Å². The van der Waals surface area contributed by atoms with Gasteiger partial charge in [0.05, 0.1) is 16.0 Å². The molecule has 0 heterocycles. The van der Waals surface area contributed by atoms with Crippen LogP contribution < -0.4 is 4.89 Å². The lowest BCUT2D eigenvalue weighted by Gasteiger charge is -2.04. The van der Waals surface area contributed by atoms with Crippen LogP contribution in [0.3, 0.4) is 0 Å². The van der Waals surface area contributed by atoms with Crippen LogP contribution >= 0.6 is 11.6 Å². The van der Waals surface area contributed by atoms with Crippen LogP contribution in [0.15, 0.2) is 12.1 Å². The van der Waals surface area contributed by atoms with Crippen LogP contribution in [0, 0.1) is 28.3 Å². The Labute approximate surface area is 94.8 Å². The number of terminal acetylenes is 1. The van der Waals surface area contributed by atoms with Crippen LogP contribution in [0.1, 0.15) is 0 Å². The molecule has 0 saturated heterocycles. The molecule has 0 radical (unpaired) electrons. The fraction of sp³-hybridized carbons (Fsp3) is 0.111. The van der Waals surface area contributed by atoms with Crippen molar-refractivity contribution in [3.8, 4) is 18.1 Å². The molecule has 0 saturated carbocycles. The van der Waals surface area contributed by atoms with Crippen LogP contribution in [0.2, 0.25) is 5.02 Å². The quantitative estimate of drug-likeness (QED) is 0.269. The molecular weight excluding hydrogens is 241 g/mol. The van der Waals surface area contributed by atoms with Gasteiger partial charge < -0.3 is 4.89 Å². The zero-order valence-corrected chi connectivity index (χ0v) is 8.53. The van der Waals surface area contributed by atoms with Gasteiger partial charge in [-0.2, -0.15) is 9.28 Å². The molecule has 0 aliphatic carbocycles. The summed E-state index contributed by atoms with van der Waals surface area (Å²) in [4.78, 5) is 18.5. The Hall–Kier alpha value is -1.84. The fourth-order valence-electron chi connectivity index (χ4n) is 0.849. The van der Waals surface area contributed by atoms with Gasteiger partial charge in [-0.25, -0.2) is 0 Å². The number of hydrogen-bond acceptors (Lipinski definition) is 4. The van der Waals surface area contributed by atoms with Crippen LogP contribution in [0.25, 0.3) is 0 Å². The SMILES string of the molecule is C#CCOOc1cc([N+](=O)[O-])c(F)cc1Cl. The first-order valence-electron chi connectivity index (χ1n) is 3.92. The molecule has 0 aromatic heterocycles. The lowest BCUT2D eigenvalue weighted by atomic mass is 10.3. The Bertz CT molecular complexity index is 458. The molecule has 0 bridgehead atoms. The molecule has 1 aromatic carbocycles. The lowest BCUT2D eigenvalue weighted by Crippen LogP contribution is -2.00. The highest BCUT2D eigenvalue weighted by Crippen LogP contribution is 2.31. The second-order valence-corrected chi connectivity index (χ2v) is 2.95. The molecule has 0 aliphatic rings. The van der Waals surface area contributed by atoms with E-state index in [1.165, 1.54) is 0 Å². The molecule has 0 atom stereocenters. The van der Waals surface area contributed by atoms with Gasteiger partial charge in [0.1, 0.15) is 0 Å². The second kappa shape index (κ2) is 5.30. The maximum Gasteiger partial charge on any atom is 0.308 e. The Morgan fingerprint density at radius 1 is 1.62 bits per heavy atom. The second-order valence-electron chi connectivity index (χ2n) is 2.54. The van der Waals surface area contributed by atoms with Gasteiger partial charge in [-0.3, -0.25) is 10.1 Å². The molecule has 84 valence electrons. The summed E-state index contributed by atoms with van der Waals surface area (Å²) in [6.45, 7) is -0.165.